The van der Waals surface area contributed by atoms with Gasteiger partial charge < -0.3 is 10.1 Å². The standard InChI is InChI=1S/C21H30N4O2/c1-14-13-18(25(24-14)21(3,4)5)20(26)23-16-8-10-17(11-9-16)27-19-7-6-12-22-15(19)2/h6-7,12-13,16-17H,8-11H2,1-5H3,(H,23,26). The number of nitrogens with zero attached hydrogens (tertiary/aromatic N) is 3. The van der Waals surface area contributed by atoms with Gasteiger partial charge >= 0.3 is 0 Å². The van der Waals surface area contributed by atoms with Gasteiger partial charge in [0.15, 0.2) is 0 Å². The molecule has 0 bridgehead atoms. The van der Waals surface area contributed by atoms with Crippen LogP contribution in [0.5, 0.6) is 5.75 Å². The summed E-state index contributed by atoms with van der Waals surface area (Å²) in [5.74, 6) is 0.813. The zero-order chi connectivity index (χ0) is 19.6. The number of carbonyl (C=O) groups excluding carboxylic acids is 1. The quantitative estimate of drug-likeness (QED) is 0.889. The van der Waals surface area contributed by atoms with Gasteiger partial charge in [-0.2, -0.15) is 5.10 Å². The van der Waals surface area contributed by atoms with E-state index in [0.717, 1.165) is 42.8 Å². The van der Waals surface area contributed by atoms with Gasteiger partial charge in [-0.05, 0) is 78.5 Å². The maximum Gasteiger partial charge on any atom is 0.269 e. The number of hydrogen-bond acceptors (Lipinski definition) is 4. The first-order chi connectivity index (χ1) is 12.7. The van der Waals surface area contributed by atoms with E-state index in [9.17, 15) is 4.79 Å². The molecular formula is C21H30N4O2. The summed E-state index contributed by atoms with van der Waals surface area (Å²) >= 11 is 0. The maximum atomic E-state index is 12.8. The van der Waals surface area contributed by atoms with Crippen molar-refractivity contribution in [3.63, 3.8) is 0 Å². The van der Waals surface area contributed by atoms with Crippen LogP contribution in [0.1, 0.15) is 68.3 Å². The average molecular weight is 370 g/mol. The molecule has 0 spiro atoms. The molecule has 6 nitrogen and oxygen atoms in total. The summed E-state index contributed by atoms with van der Waals surface area (Å²) in [6.07, 6.45) is 5.65. The largest absolute Gasteiger partial charge is 0.489 e. The lowest BCUT2D eigenvalue weighted by Gasteiger charge is -2.30. The number of pyridine rings is 1. The summed E-state index contributed by atoms with van der Waals surface area (Å²) in [4.78, 5) is 17.1. The van der Waals surface area contributed by atoms with Gasteiger partial charge in [0, 0.05) is 12.2 Å². The zero-order valence-corrected chi connectivity index (χ0v) is 17.0. The summed E-state index contributed by atoms with van der Waals surface area (Å²) in [5.41, 5.74) is 2.18. The first-order valence-corrected chi connectivity index (χ1v) is 9.70. The molecule has 6 heteroatoms. The molecule has 2 aromatic rings. The van der Waals surface area contributed by atoms with Crippen molar-refractivity contribution in [1.82, 2.24) is 20.1 Å². The molecule has 1 aliphatic carbocycles. The Hall–Kier alpha value is -2.37. The van der Waals surface area contributed by atoms with E-state index < -0.39 is 0 Å². The van der Waals surface area contributed by atoms with Crippen molar-refractivity contribution < 1.29 is 9.53 Å². The number of ether oxygens (including phenoxy) is 1. The number of hydrogen-bond donors (Lipinski definition) is 1. The second-order valence-electron chi connectivity index (χ2n) is 8.41. The third-order valence-electron chi connectivity index (χ3n) is 4.96. The van der Waals surface area contributed by atoms with Crippen LogP contribution in [-0.2, 0) is 5.54 Å². The summed E-state index contributed by atoms with van der Waals surface area (Å²) < 4.78 is 7.92. The van der Waals surface area contributed by atoms with Gasteiger partial charge in [-0.15, -0.1) is 0 Å². The van der Waals surface area contributed by atoms with Crippen molar-refractivity contribution in [2.24, 2.45) is 0 Å². The Morgan fingerprint density at radius 1 is 1.22 bits per heavy atom. The molecule has 0 radical (unpaired) electrons. The van der Waals surface area contributed by atoms with Gasteiger partial charge in [-0.25, -0.2) is 0 Å². The molecule has 1 fully saturated rings. The molecule has 1 N–H and O–H groups in total. The summed E-state index contributed by atoms with van der Waals surface area (Å²) in [5, 5.41) is 7.68. The number of nitrogens with one attached hydrogen (secondary N) is 1. The molecule has 0 aromatic carbocycles. The number of carbonyl (C=O) groups is 1. The fourth-order valence-electron chi connectivity index (χ4n) is 3.53. The number of amides is 1. The monoisotopic (exact) mass is 370 g/mol. The first-order valence-electron chi connectivity index (χ1n) is 9.70. The smallest absolute Gasteiger partial charge is 0.269 e. The molecule has 27 heavy (non-hydrogen) atoms. The van der Waals surface area contributed by atoms with E-state index >= 15 is 0 Å². The third kappa shape index (κ3) is 4.67. The van der Waals surface area contributed by atoms with Crippen LogP contribution < -0.4 is 10.1 Å². The van der Waals surface area contributed by atoms with Crippen molar-refractivity contribution in [1.29, 1.82) is 0 Å². The molecule has 0 saturated heterocycles. The lowest BCUT2D eigenvalue weighted by Crippen LogP contribution is -2.41. The minimum Gasteiger partial charge on any atom is -0.489 e. The predicted octanol–water partition coefficient (Wildman–Crippen LogP) is 3.77. The average Bonchev–Trinajstić information content (AvgIpc) is 3.01. The Morgan fingerprint density at radius 3 is 2.56 bits per heavy atom. The van der Waals surface area contributed by atoms with Crippen molar-refractivity contribution in [3.8, 4) is 5.75 Å². The zero-order valence-electron chi connectivity index (χ0n) is 17.0. The second-order valence-corrected chi connectivity index (χ2v) is 8.41. The van der Waals surface area contributed by atoms with Gasteiger partial charge in [0.2, 0.25) is 0 Å². The van der Waals surface area contributed by atoms with Crippen LogP contribution in [0, 0.1) is 13.8 Å². The molecule has 3 rings (SSSR count). The van der Waals surface area contributed by atoms with Crippen molar-refractivity contribution in [3.05, 3.63) is 41.5 Å². The first kappa shape index (κ1) is 19.4. The summed E-state index contributed by atoms with van der Waals surface area (Å²) in [7, 11) is 0. The highest BCUT2D eigenvalue weighted by atomic mass is 16.5. The van der Waals surface area contributed by atoms with E-state index in [1.807, 2.05) is 36.7 Å². The van der Waals surface area contributed by atoms with Crippen LogP contribution >= 0.6 is 0 Å². The van der Waals surface area contributed by atoms with Crippen LogP contribution in [-0.4, -0.2) is 32.8 Å². The van der Waals surface area contributed by atoms with Crippen LogP contribution in [0.25, 0.3) is 0 Å². The molecule has 2 heterocycles. The molecule has 146 valence electrons. The van der Waals surface area contributed by atoms with E-state index in [4.69, 9.17) is 4.74 Å². The van der Waals surface area contributed by atoms with Gasteiger partial charge in [-0.3, -0.25) is 14.5 Å². The normalized spacial score (nSPS) is 20.3. The highest BCUT2D eigenvalue weighted by molar-refractivity contribution is 5.93. The van der Waals surface area contributed by atoms with E-state index in [1.165, 1.54) is 0 Å². The molecule has 0 atom stereocenters. The summed E-state index contributed by atoms with van der Waals surface area (Å²) in [6, 6.07) is 5.90. The van der Waals surface area contributed by atoms with E-state index in [2.05, 4.69) is 36.2 Å². The topological polar surface area (TPSA) is 69.0 Å². The van der Waals surface area contributed by atoms with Gasteiger partial charge in [0.05, 0.1) is 23.0 Å². The van der Waals surface area contributed by atoms with Gasteiger partial charge in [0.1, 0.15) is 11.4 Å². The Labute approximate surface area is 161 Å². The number of rotatable bonds is 4. The van der Waals surface area contributed by atoms with E-state index in [0.29, 0.717) is 5.69 Å². The molecule has 1 saturated carbocycles. The van der Waals surface area contributed by atoms with Crippen molar-refractivity contribution in [2.45, 2.75) is 78.0 Å². The Bertz CT molecular complexity index is 799. The minimum absolute atomic E-state index is 0.0435. The Balaban J connectivity index is 1.57. The summed E-state index contributed by atoms with van der Waals surface area (Å²) in [6.45, 7) is 10.0. The fourth-order valence-corrected chi connectivity index (χ4v) is 3.53. The highest BCUT2D eigenvalue weighted by Crippen LogP contribution is 2.25. The highest BCUT2D eigenvalue weighted by Gasteiger charge is 2.27. The molecule has 1 amide bonds. The van der Waals surface area contributed by atoms with Crippen LogP contribution in [0.4, 0.5) is 0 Å². The molecule has 0 unspecified atom stereocenters. The molecule has 1 aliphatic rings. The molecule has 2 aromatic heterocycles. The third-order valence-corrected chi connectivity index (χ3v) is 4.96. The van der Waals surface area contributed by atoms with Crippen LogP contribution in [0.2, 0.25) is 0 Å². The fraction of sp³-hybridized carbons (Fsp3) is 0.571. The molecule has 0 aliphatic heterocycles. The lowest BCUT2D eigenvalue weighted by molar-refractivity contribution is 0.0875. The number of aromatic nitrogens is 3. The SMILES string of the molecule is Cc1cc(C(=O)NC2CCC(Oc3cccnc3C)CC2)n(C(C)(C)C)n1. The van der Waals surface area contributed by atoms with E-state index in [-0.39, 0.29) is 23.6 Å². The molecular weight excluding hydrogens is 340 g/mol. The predicted molar refractivity (Wildman–Crippen MR) is 105 cm³/mol. The second kappa shape index (κ2) is 7.71. The Kier molecular flexibility index (Phi) is 5.53. The minimum atomic E-state index is -0.228. The van der Waals surface area contributed by atoms with Crippen molar-refractivity contribution in [2.75, 3.05) is 0 Å². The lowest BCUT2D eigenvalue weighted by atomic mass is 9.92. The van der Waals surface area contributed by atoms with E-state index in [1.54, 1.807) is 6.20 Å². The number of aryl methyl sites for hydroxylation is 2. The van der Waals surface area contributed by atoms with Crippen LogP contribution in [0.3, 0.4) is 0 Å². The maximum absolute atomic E-state index is 12.8. The van der Waals surface area contributed by atoms with Gasteiger partial charge in [0.25, 0.3) is 5.91 Å². The van der Waals surface area contributed by atoms with Crippen molar-refractivity contribution >= 4 is 5.91 Å². The van der Waals surface area contributed by atoms with Crippen LogP contribution in [0.15, 0.2) is 24.4 Å². The van der Waals surface area contributed by atoms with Gasteiger partial charge in [-0.1, -0.05) is 0 Å². The Morgan fingerprint density at radius 2 is 1.93 bits per heavy atom.